The van der Waals surface area contributed by atoms with Gasteiger partial charge in [-0.05, 0) is 24.7 Å². The summed E-state index contributed by atoms with van der Waals surface area (Å²) in [5, 5.41) is 8.78. The lowest BCUT2D eigenvalue weighted by Crippen LogP contribution is -2.45. The maximum Gasteiger partial charge on any atom is 0.323 e. The van der Waals surface area contributed by atoms with Gasteiger partial charge < -0.3 is 10.8 Å². The third kappa shape index (κ3) is 1.53. The molecule has 1 aliphatic rings. The standard InChI is InChI=1S/C8H15NO2/c1-7(2)3-4-8(9,5-7)6(10)11/h3-5,9H2,1-2H3,(H,10,11)/t8-/m1/s1. The van der Waals surface area contributed by atoms with Gasteiger partial charge in [0, 0.05) is 0 Å². The van der Waals surface area contributed by atoms with Crippen molar-refractivity contribution in [1.82, 2.24) is 0 Å². The van der Waals surface area contributed by atoms with Crippen molar-refractivity contribution in [3.05, 3.63) is 0 Å². The van der Waals surface area contributed by atoms with E-state index in [0.29, 0.717) is 12.8 Å². The topological polar surface area (TPSA) is 63.3 Å². The summed E-state index contributed by atoms with van der Waals surface area (Å²) < 4.78 is 0. The Balaban J connectivity index is 2.73. The molecule has 1 rings (SSSR count). The van der Waals surface area contributed by atoms with Crippen LogP contribution in [-0.4, -0.2) is 16.6 Å². The minimum Gasteiger partial charge on any atom is -0.480 e. The van der Waals surface area contributed by atoms with Crippen molar-refractivity contribution < 1.29 is 9.90 Å². The SMILES string of the molecule is CC1(C)CC[C@](N)(C(=O)O)C1. The van der Waals surface area contributed by atoms with Crippen molar-refractivity contribution in [3.63, 3.8) is 0 Å². The normalized spacial score (nSPS) is 35.5. The number of hydrogen-bond donors (Lipinski definition) is 2. The highest BCUT2D eigenvalue weighted by Gasteiger charge is 2.45. The summed E-state index contributed by atoms with van der Waals surface area (Å²) in [4.78, 5) is 10.7. The Morgan fingerprint density at radius 3 is 2.18 bits per heavy atom. The number of carboxylic acid groups (broad SMARTS) is 1. The third-order valence-electron chi connectivity index (χ3n) is 2.47. The average molecular weight is 157 g/mol. The zero-order valence-corrected chi connectivity index (χ0v) is 7.05. The zero-order chi connectivity index (χ0) is 8.70. The van der Waals surface area contributed by atoms with Crippen LogP contribution in [0.5, 0.6) is 0 Å². The van der Waals surface area contributed by atoms with Crippen LogP contribution < -0.4 is 5.73 Å². The molecular weight excluding hydrogens is 142 g/mol. The van der Waals surface area contributed by atoms with Crippen molar-refractivity contribution in [2.45, 2.75) is 38.6 Å². The van der Waals surface area contributed by atoms with Crippen LogP contribution in [-0.2, 0) is 4.79 Å². The van der Waals surface area contributed by atoms with Gasteiger partial charge in [-0.25, -0.2) is 0 Å². The second-order valence-electron chi connectivity index (χ2n) is 4.30. The molecule has 0 aromatic carbocycles. The molecule has 1 atom stereocenters. The fourth-order valence-corrected chi connectivity index (χ4v) is 1.77. The van der Waals surface area contributed by atoms with E-state index in [1.165, 1.54) is 0 Å². The van der Waals surface area contributed by atoms with E-state index in [2.05, 4.69) is 13.8 Å². The Kier molecular flexibility index (Phi) is 1.71. The first kappa shape index (κ1) is 8.53. The Morgan fingerprint density at radius 2 is 2.00 bits per heavy atom. The Labute approximate surface area is 66.6 Å². The van der Waals surface area contributed by atoms with Crippen LogP contribution in [0.15, 0.2) is 0 Å². The average Bonchev–Trinajstić information content (AvgIpc) is 2.08. The van der Waals surface area contributed by atoms with Crippen LogP contribution in [0, 0.1) is 5.41 Å². The molecule has 0 spiro atoms. The van der Waals surface area contributed by atoms with E-state index < -0.39 is 11.5 Å². The molecule has 3 heteroatoms. The molecule has 0 aliphatic heterocycles. The molecule has 0 saturated heterocycles. The fraction of sp³-hybridized carbons (Fsp3) is 0.875. The second kappa shape index (κ2) is 2.21. The highest BCUT2D eigenvalue weighted by atomic mass is 16.4. The van der Waals surface area contributed by atoms with Crippen LogP contribution >= 0.6 is 0 Å². The van der Waals surface area contributed by atoms with Crippen molar-refractivity contribution >= 4 is 5.97 Å². The molecule has 0 aromatic heterocycles. The fourth-order valence-electron chi connectivity index (χ4n) is 1.77. The number of nitrogens with two attached hydrogens (primary N) is 1. The minimum atomic E-state index is -0.955. The lowest BCUT2D eigenvalue weighted by atomic mass is 9.88. The smallest absolute Gasteiger partial charge is 0.323 e. The molecule has 0 amide bonds. The first-order chi connectivity index (χ1) is 4.86. The molecule has 3 nitrogen and oxygen atoms in total. The molecule has 11 heavy (non-hydrogen) atoms. The van der Waals surface area contributed by atoms with Gasteiger partial charge in [0.15, 0.2) is 0 Å². The van der Waals surface area contributed by atoms with E-state index >= 15 is 0 Å². The number of rotatable bonds is 1. The molecule has 3 N–H and O–H groups in total. The first-order valence-corrected chi connectivity index (χ1v) is 3.88. The van der Waals surface area contributed by atoms with Crippen molar-refractivity contribution in [2.75, 3.05) is 0 Å². The van der Waals surface area contributed by atoms with Gasteiger partial charge >= 0.3 is 5.97 Å². The summed E-state index contributed by atoms with van der Waals surface area (Å²) in [6, 6.07) is 0. The summed E-state index contributed by atoms with van der Waals surface area (Å²) in [6.07, 6.45) is 2.11. The molecule has 64 valence electrons. The molecule has 0 unspecified atom stereocenters. The number of hydrogen-bond acceptors (Lipinski definition) is 2. The molecular formula is C8H15NO2. The van der Waals surface area contributed by atoms with Crippen LogP contribution in [0.2, 0.25) is 0 Å². The van der Waals surface area contributed by atoms with Crippen molar-refractivity contribution in [3.8, 4) is 0 Å². The Bertz CT molecular complexity index is 189. The number of aliphatic carboxylic acids is 1. The quantitative estimate of drug-likeness (QED) is 0.596. The van der Waals surface area contributed by atoms with Crippen LogP contribution in [0.1, 0.15) is 33.1 Å². The van der Waals surface area contributed by atoms with E-state index in [4.69, 9.17) is 10.8 Å². The highest BCUT2D eigenvalue weighted by molar-refractivity contribution is 5.79. The van der Waals surface area contributed by atoms with Gasteiger partial charge in [0.05, 0.1) is 0 Å². The summed E-state index contributed by atoms with van der Waals surface area (Å²) in [5.41, 5.74) is 4.83. The van der Waals surface area contributed by atoms with Crippen molar-refractivity contribution in [1.29, 1.82) is 0 Å². The van der Waals surface area contributed by atoms with Gasteiger partial charge in [-0.15, -0.1) is 0 Å². The third-order valence-corrected chi connectivity index (χ3v) is 2.47. The maximum absolute atomic E-state index is 10.7. The minimum absolute atomic E-state index is 0.104. The van der Waals surface area contributed by atoms with Gasteiger partial charge in [0.2, 0.25) is 0 Å². The Hall–Kier alpha value is -0.570. The largest absolute Gasteiger partial charge is 0.480 e. The monoisotopic (exact) mass is 157 g/mol. The molecule has 0 aromatic rings. The molecule has 0 heterocycles. The van der Waals surface area contributed by atoms with Gasteiger partial charge in [-0.2, -0.15) is 0 Å². The molecule has 1 fully saturated rings. The Morgan fingerprint density at radius 1 is 1.45 bits per heavy atom. The van der Waals surface area contributed by atoms with E-state index in [1.807, 2.05) is 0 Å². The van der Waals surface area contributed by atoms with Gasteiger partial charge in [-0.3, -0.25) is 4.79 Å². The summed E-state index contributed by atoms with van der Waals surface area (Å²) >= 11 is 0. The van der Waals surface area contributed by atoms with E-state index in [-0.39, 0.29) is 5.41 Å². The summed E-state index contributed by atoms with van der Waals surface area (Å²) in [5.74, 6) is -0.858. The van der Waals surface area contributed by atoms with Gasteiger partial charge in [0.25, 0.3) is 0 Å². The van der Waals surface area contributed by atoms with E-state index in [0.717, 1.165) is 6.42 Å². The molecule has 0 radical (unpaired) electrons. The number of carbonyl (C=O) groups is 1. The zero-order valence-electron chi connectivity index (χ0n) is 7.05. The molecule has 1 saturated carbocycles. The van der Waals surface area contributed by atoms with Crippen LogP contribution in [0.3, 0.4) is 0 Å². The van der Waals surface area contributed by atoms with E-state index in [1.54, 1.807) is 0 Å². The highest BCUT2D eigenvalue weighted by Crippen LogP contribution is 2.42. The van der Waals surface area contributed by atoms with Crippen LogP contribution in [0.25, 0.3) is 0 Å². The first-order valence-electron chi connectivity index (χ1n) is 3.88. The molecule has 0 bridgehead atoms. The lowest BCUT2D eigenvalue weighted by molar-refractivity contribution is -0.143. The van der Waals surface area contributed by atoms with Crippen LogP contribution in [0.4, 0.5) is 0 Å². The molecule has 1 aliphatic carbocycles. The predicted molar refractivity (Wildman–Crippen MR) is 42.2 cm³/mol. The van der Waals surface area contributed by atoms with Gasteiger partial charge in [-0.1, -0.05) is 13.8 Å². The predicted octanol–water partition coefficient (Wildman–Crippen LogP) is 0.979. The second-order valence-corrected chi connectivity index (χ2v) is 4.30. The van der Waals surface area contributed by atoms with Gasteiger partial charge in [0.1, 0.15) is 5.54 Å². The summed E-state index contributed by atoms with van der Waals surface area (Å²) in [6.45, 7) is 4.12. The lowest BCUT2D eigenvalue weighted by Gasteiger charge is -2.21. The van der Waals surface area contributed by atoms with Crippen molar-refractivity contribution in [2.24, 2.45) is 11.1 Å². The maximum atomic E-state index is 10.7. The van der Waals surface area contributed by atoms with E-state index in [9.17, 15) is 4.79 Å². The summed E-state index contributed by atoms with van der Waals surface area (Å²) in [7, 11) is 0. The number of carboxylic acids is 1.